The molecule has 4 nitrogen and oxygen atoms in total. The van der Waals surface area contributed by atoms with Gasteiger partial charge in [-0.3, -0.25) is 0 Å². The molecule has 0 saturated carbocycles. The van der Waals surface area contributed by atoms with Gasteiger partial charge in [0.05, 0.1) is 0 Å². The van der Waals surface area contributed by atoms with Crippen LogP contribution < -0.4 is 5.32 Å². The van der Waals surface area contributed by atoms with Crippen LogP contribution in [0.4, 0.5) is 4.79 Å². The number of hydrogen-bond donors (Lipinski definition) is 1. The lowest BCUT2D eigenvalue weighted by molar-refractivity contribution is 0.0299. The van der Waals surface area contributed by atoms with E-state index in [9.17, 15) is 4.79 Å². The Morgan fingerprint density at radius 1 is 1.41 bits per heavy atom. The lowest BCUT2D eigenvalue weighted by Crippen LogP contribution is -2.38. The van der Waals surface area contributed by atoms with Crippen molar-refractivity contribution in [2.24, 2.45) is 0 Å². The molecule has 1 amide bonds. The summed E-state index contributed by atoms with van der Waals surface area (Å²) >= 11 is 6.04. The highest BCUT2D eigenvalue weighted by Crippen LogP contribution is 2.20. The van der Waals surface area contributed by atoms with Crippen LogP contribution in [0.3, 0.4) is 0 Å². The van der Waals surface area contributed by atoms with Gasteiger partial charge in [0.25, 0.3) is 0 Å². The van der Waals surface area contributed by atoms with Crippen LogP contribution in [0.2, 0.25) is 5.02 Å². The molecule has 0 aliphatic carbocycles. The summed E-state index contributed by atoms with van der Waals surface area (Å²) in [6.07, 6.45) is 0.654. The second-order valence-electron chi connectivity index (χ2n) is 6.37. The topological polar surface area (TPSA) is 41.6 Å². The fraction of sp³-hybridized carbons (Fsp3) is 0.588. The van der Waals surface area contributed by atoms with Crippen LogP contribution in [0.25, 0.3) is 0 Å². The van der Waals surface area contributed by atoms with Crippen LogP contribution in [0.15, 0.2) is 24.3 Å². The van der Waals surface area contributed by atoms with Crippen molar-refractivity contribution in [2.45, 2.75) is 45.8 Å². The largest absolute Gasteiger partial charge is 0.444 e. The first-order valence-electron chi connectivity index (χ1n) is 7.66. The molecule has 22 heavy (non-hydrogen) atoms. The minimum Gasteiger partial charge on any atom is -0.444 e. The lowest BCUT2D eigenvalue weighted by atomic mass is 10.0. The van der Waals surface area contributed by atoms with Gasteiger partial charge in [-0.25, -0.2) is 4.79 Å². The molecule has 0 spiro atoms. The number of rotatable bonds is 6. The third-order valence-electron chi connectivity index (χ3n) is 3.20. The van der Waals surface area contributed by atoms with Crippen molar-refractivity contribution in [1.82, 2.24) is 10.2 Å². The summed E-state index contributed by atoms with van der Waals surface area (Å²) in [5.41, 5.74) is 0.695. The molecule has 0 heterocycles. The Labute approximate surface area is 138 Å². The Hall–Kier alpha value is -1.26. The number of nitrogens with zero attached hydrogens (tertiary/aromatic N) is 1. The quantitative estimate of drug-likeness (QED) is 0.849. The first-order chi connectivity index (χ1) is 10.2. The minimum atomic E-state index is -0.467. The zero-order chi connectivity index (χ0) is 16.8. The van der Waals surface area contributed by atoms with Gasteiger partial charge in [-0.2, -0.15) is 0 Å². The van der Waals surface area contributed by atoms with Crippen LogP contribution in [-0.2, 0) is 4.74 Å². The van der Waals surface area contributed by atoms with E-state index in [4.69, 9.17) is 16.3 Å². The van der Waals surface area contributed by atoms with Gasteiger partial charge in [-0.15, -0.1) is 0 Å². The normalized spacial score (nSPS) is 12.8. The van der Waals surface area contributed by atoms with E-state index < -0.39 is 5.60 Å². The molecular formula is C17H27ClN2O2. The van der Waals surface area contributed by atoms with Crippen LogP contribution in [0, 0.1) is 0 Å². The first-order valence-corrected chi connectivity index (χ1v) is 8.03. The van der Waals surface area contributed by atoms with Gasteiger partial charge in [0.2, 0.25) is 0 Å². The number of likely N-dealkylation sites (N-methyl/N-ethyl adjacent to an activating group) is 1. The number of ether oxygens (including phenoxy) is 1. The van der Waals surface area contributed by atoms with E-state index in [1.807, 2.05) is 39.0 Å². The zero-order valence-corrected chi connectivity index (χ0v) is 14.9. The summed E-state index contributed by atoms with van der Waals surface area (Å²) in [6.45, 7) is 9.00. The summed E-state index contributed by atoms with van der Waals surface area (Å²) in [5, 5.41) is 4.19. The second kappa shape index (κ2) is 8.39. The molecule has 0 aliphatic rings. The number of nitrogens with one attached hydrogen (secondary N) is 1. The van der Waals surface area contributed by atoms with Gasteiger partial charge >= 0.3 is 6.09 Å². The van der Waals surface area contributed by atoms with Crippen LogP contribution in [-0.4, -0.2) is 36.7 Å². The van der Waals surface area contributed by atoms with Gasteiger partial charge in [0.15, 0.2) is 0 Å². The average molecular weight is 327 g/mol. The molecule has 1 unspecified atom stereocenters. The predicted octanol–water partition coefficient (Wildman–Crippen LogP) is 4.25. The molecule has 0 saturated heterocycles. The molecule has 5 heteroatoms. The highest BCUT2D eigenvalue weighted by Gasteiger charge is 2.19. The average Bonchev–Trinajstić information content (AvgIpc) is 2.41. The van der Waals surface area contributed by atoms with E-state index in [0.29, 0.717) is 13.1 Å². The highest BCUT2D eigenvalue weighted by atomic mass is 35.5. The second-order valence-corrected chi connectivity index (χ2v) is 6.81. The third kappa shape index (κ3) is 6.67. The van der Waals surface area contributed by atoms with Crippen molar-refractivity contribution in [3.63, 3.8) is 0 Å². The number of benzene rings is 1. The molecule has 1 atom stereocenters. The lowest BCUT2D eigenvalue weighted by Gasteiger charge is -2.25. The summed E-state index contributed by atoms with van der Waals surface area (Å²) in [6, 6.07) is 8.08. The standard InChI is InChI=1S/C17H27ClN2O2/c1-6-15(13-8-7-9-14(18)12-13)19-10-11-20(5)16(21)22-17(2,3)4/h7-9,12,15,19H,6,10-11H2,1-5H3. The molecule has 1 aromatic rings. The molecule has 0 aromatic heterocycles. The van der Waals surface area contributed by atoms with Crippen LogP contribution >= 0.6 is 11.6 Å². The molecule has 0 aliphatic heterocycles. The summed E-state index contributed by atoms with van der Waals surface area (Å²) in [4.78, 5) is 13.5. The summed E-state index contributed by atoms with van der Waals surface area (Å²) in [5.74, 6) is 0. The smallest absolute Gasteiger partial charge is 0.410 e. The van der Waals surface area contributed by atoms with E-state index in [2.05, 4.69) is 18.3 Å². The van der Waals surface area contributed by atoms with Crippen molar-refractivity contribution in [3.8, 4) is 0 Å². The van der Waals surface area contributed by atoms with Crippen molar-refractivity contribution in [2.75, 3.05) is 20.1 Å². The Morgan fingerprint density at radius 2 is 2.09 bits per heavy atom. The molecular weight excluding hydrogens is 300 g/mol. The molecule has 0 radical (unpaired) electrons. The third-order valence-corrected chi connectivity index (χ3v) is 3.44. The van der Waals surface area contributed by atoms with Crippen LogP contribution in [0.5, 0.6) is 0 Å². The van der Waals surface area contributed by atoms with Gasteiger partial charge in [0.1, 0.15) is 5.60 Å². The van der Waals surface area contributed by atoms with Gasteiger partial charge < -0.3 is 15.0 Å². The van der Waals surface area contributed by atoms with Crippen molar-refractivity contribution < 1.29 is 9.53 Å². The van der Waals surface area contributed by atoms with Crippen LogP contribution in [0.1, 0.15) is 45.7 Å². The van der Waals surface area contributed by atoms with E-state index in [1.165, 1.54) is 0 Å². The first kappa shape index (κ1) is 18.8. The number of carbonyl (C=O) groups is 1. The summed E-state index contributed by atoms with van der Waals surface area (Å²) in [7, 11) is 1.75. The van der Waals surface area contributed by atoms with Crippen molar-refractivity contribution in [1.29, 1.82) is 0 Å². The molecule has 0 bridgehead atoms. The number of amides is 1. The Morgan fingerprint density at radius 3 is 2.64 bits per heavy atom. The maximum atomic E-state index is 11.9. The van der Waals surface area contributed by atoms with Crippen molar-refractivity contribution >= 4 is 17.7 Å². The number of halogens is 1. The molecule has 1 N–H and O–H groups in total. The van der Waals surface area contributed by atoms with Gasteiger partial charge in [0, 0.05) is 31.2 Å². The van der Waals surface area contributed by atoms with Gasteiger partial charge in [-0.1, -0.05) is 30.7 Å². The highest BCUT2D eigenvalue weighted by molar-refractivity contribution is 6.30. The summed E-state index contributed by atoms with van der Waals surface area (Å²) < 4.78 is 5.33. The maximum absolute atomic E-state index is 11.9. The fourth-order valence-electron chi connectivity index (χ4n) is 2.06. The molecule has 1 aromatic carbocycles. The molecule has 1 rings (SSSR count). The predicted molar refractivity (Wildman–Crippen MR) is 91.4 cm³/mol. The number of hydrogen-bond acceptors (Lipinski definition) is 3. The SMILES string of the molecule is CCC(NCCN(C)C(=O)OC(C)(C)C)c1cccc(Cl)c1. The number of carbonyl (C=O) groups excluding carboxylic acids is 1. The van der Waals surface area contributed by atoms with E-state index >= 15 is 0 Å². The Bertz CT molecular complexity index is 486. The molecule has 124 valence electrons. The van der Waals surface area contributed by atoms with Gasteiger partial charge in [-0.05, 0) is 44.9 Å². The minimum absolute atomic E-state index is 0.228. The van der Waals surface area contributed by atoms with E-state index in [-0.39, 0.29) is 12.1 Å². The van der Waals surface area contributed by atoms with E-state index in [1.54, 1.807) is 11.9 Å². The van der Waals surface area contributed by atoms with Crippen molar-refractivity contribution in [3.05, 3.63) is 34.9 Å². The monoisotopic (exact) mass is 326 g/mol. The van der Waals surface area contributed by atoms with E-state index in [0.717, 1.165) is 17.0 Å². The zero-order valence-electron chi connectivity index (χ0n) is 14.1. The Balaban J connectivity index is 2.46. The fourth-order valence-corrected chi connectivity index (χ4v) is 2.26. The Kier molecular flexibility index (Phi) is 7.17. The molecule has 0 fully saturated rings. The maximum Gasteiger partial charge on any atom is 0.410 e.